The average Bonchev–Trinajstić information content (AvgIpc) is 3.21. The fourth-order valence-corrected chi connectivity index (χ4v) is 2.68. The number of ether oxygens (including phenoxy) is 1. The molecule has 3 aromatic carbocycles. The van der Waals surface area contributed by atoms with E-state index in [1.807, 2.05) is 72.9 Å². The second-order valence-corrected chi connectivity index (χ2v) is 6.40. The molecule has 0 atom stereocenters. The van der Waals surface area contributed by atoms with E-state index in [0.717, 1.165) is 16.8 Å². The van der Waals surface area contributed by atoms with E-state index in [4.69, 9.17) is 4.74 Å². The van der Waals surface area contributed by atoms with Crippen LogP contribution in [0.3, 0.4) is 0 Å². The number of benzene rings is 3. The highest BCUT2D eigenvalue weighted by atomic mass is 16.5. The Hall–Kier alpha value is -3.53. The number of carbonyl (C=O) groups is 1. The number of aromatic amines is 1. The summed E-state index contributed by atoms with van der Waals surface area (Å²) < 4.78 is 5.76. The smallest absolute Gasteiger partial charge is 0.217 e. The highest BCUT2D eigenvalue weighted by Crippen LogP contribution is 2.20. The van der Waals surface area contributed by atoms with Crippen LogP contribution in [0.25, 0.3) is 10.9 Å². The van der Waals surface area contributed by atoms with Gasteiger partial charge in [-0.1, -0.05) is 60.7 Å². The van der Waals surface area contributed by atoms with Crippen LogP contribution in [-0.4, -0.2) is 10.9 Å². The number of rotatable bonds is 5. The molecule has 0 aliphatic heterocycles. The minimum absolute atomic E-state index is 0.00820. The molecule has 2 N–H and O–H groups in total. The summed E-state index contributed by atoms with van der Waals surface area (Å²) in [6.45, 7) is 2.75. The molecule has 0 spiro atoms. The molecule has 0 aliphatic carbocycles. The third kappa shape index (κ3) is 6.02. The van der Waals surface area contributed by atoms with Crippen LogP contribution in [0.1, 0.15) is 18.1 Å². The Morgan fingerprint density at radius 2 is 1.57 bits per heavy atom. The monoisotopic (exact) mass is 372 g/mol. The van der Waals surface area contributed by atoms with E-state index in [1.54, 1.807) is 0 Å². The topological polar surface area (TPSA) is 54.1 Å². The third-order valence-electron chi connectivity index (χ3n) is 4.16. The molecular formula is C24H24N2O2. The fraction of sp³-hybridized carbons (Fsp3) is 0.125. The molecule has 1 heterocycles. The third-order valence-corrected chi connectivity index (χ3v) is 4.16. The summed E-state index contributed by atoms with van der Waals surface area (Å²) in [5.41, 5.74) is 3.45. The summed E-state index contributed by atoms with van der Waals surface area (Å²) in [4.78, 5) is 13.7. The highest BCUT2D eigenvalue weighted by Gasteiger charge is 1.98. The van der Waals surface area contributed by atoms with Gasteiger partial charge < -0.3 is 15.0 Å². The average molecular weight is 372 g/mol. The van der Waals surface area contributed by atoms with Crippen LogP contribution in [0.15, 0.2) is 91.1 Å². The lowest BCUT2D eigenvalue weighted by atomic mass is 10.2. The normalized spacial score (nSPS) is 10.0. The minimum atomic E-state index is 0.00820. The number of hydrogen-bond donors (Lipinski definition) is 2. The van der Waals surface area contributed by atoms with Crippen LogP contribution in [0.4, 0.5) is 0 Å². The van der Waals surface area contributed by atoms with E-state index in [1.165, 1.54) is 17.9 Å². The Morgan fingerprint density at radius 3 is 2.25 bits per heavy atom. The first-order chi connectivity index (χ1) is 13.7. The predicted octanol–water partition coefficient (Wildman–Crippen LogP) is 5.07. The first-order valence-electron chi connectivity index (χ1n) is 9.23. The Bertz CT molecular complexity index is 995. The van der Waals surface area contributed by atoms with Crippen LogP contribution in [0.2, 0.25) is 0 Å². The molecule has 0 saturated heterocycles. The molecule has 4 heteroatoms. The van der Waals surface area contributed by atoms with Gasteiger partial charge in [0.1, 0.15) is 12.4 Å². The van der Waals surface area contributed by atoms with Crippen molar-refractivity contribution in [1.82, 2.24) is 10.3 Å². The Morgan fingerprint density at radius 1 is 0.893 bits per heavy atom. The molecule has 0 radical (unpaired) electrons. The second kappa shape index (κ2) is 9.97. The van der Waals surface area contributed by atoms with Gasteiger partial charge in [-0.05, 0) is 35.4 Å². The van der Waals surface area contributed by atoms with Crippen molar-refractivity contribution in [3.63, 3.8) is 0 Å². The molecule has 0 unspecified atom stereocenters. The van der Waals surface area contributed by atoms with Gasteiger partial charge >= 0.3 is 0 Å². The van der Waals surface area contributed by atoms with Crippen molar-refractivity contribution in [3.05, 3.63) is 102 Å². The number of fused-ring (bicyclic) bond motifs is 1. The van der Waals surface area contributed by atoms with E-state index < -0.39 is 0 Å². The van der Waals surface area contributed by atoms with Crippen molar-refractivity contribution in [2.75, 3.05) is 0 Å². The SMILES string of the molecule is CC(=O)NCc1ccccc1.c1ccc(COc2ccc3[nH]ccc3c2)cc1. The lowest BCUT2D eigenvalue weighted by Gasteiger charge is -2.06. The number of H-pyrrole nitrogens is 1. The van der Waals surface area contributed by atoms with Crippen LogP contribution in [0, 0.1) is 0 Å². The van der Waals surface area contributed by atoms with Crippen molar-refractivity contribution in [2.24, 2.45) is 0 Å². The zero-order valence-corrected chi connectivity index (χ0v) is 15.9. The maximum atomic E-state index is 10.5. The molecule has 28 heavy (non-hydrogen) atoms. The van der Waals surface area contributed by atoms with Crippen molar-refractivity contribution < 1.29 is 9.53 Å². The Labute approximate surface area is 165 Å². The maximum absolute atomic E-state index is 10.5. The van der Waals surface area contributed by atoms with Gasteiger partial charge in [0.05, 0.1) is 0 Å². The number of hydrogen-bond acceptors (Lipinski definition) is 2. The lowest BCUT2D eigenvalue weighted by Crippen LogP contribution is -2.18. The molecule has 0 bridgehead atoms. The summed E-state index contributed by atoms with van der Waals surface area (Å²) in [7, 11) is 0. The number of amides is 1. The summed E-state index contributed by atoms with van der Waals surface area (Å²) in [6.07, 6.45) is 1.94. The summed E-state index contributed by atoms with van der Waals surface area (Å²) in [5.74, 6) is 0.912. The zero-order chi connectivity index (χ0) is 19.6. The van der Waals surface area contributed by atoms with Gasteiger partial charge in [-0.2, -0.15) is 0 Å². The maximum Gasteiger partial charge on any atom is 0.217 e. The van der Waals surface area contributed by atoms with Crippen LogP contribution in [0.5, 0.6) is 5.75 Å². The largest absolute Gasteiger partial charge is 0.489 e. The fourth-order valence-electron chi connectivity index (χ4n) is 2.68. The summed E-state index contributed by atoms with van der Waals surface area (Å²) >= 11 is 0. The predicted molar refractivity (Wildman–Crippen MR) is 113 cm³/mol. The van der Waals surface area contributed by atoms with E-state index in [9.17, 15) is 4.79 Å². The van der Waals surface area contributed by atoms with E-state index >= 15 is 0 Å². The quantitative estimate of drug-likeness (QED) is 0.514. The van der Waals surface area contributed by atoms with Gasteiger partial charge in [0, 0.05) is 30.6 Å². The van der Waals surface area contributed by atoms with Gasteiger partial charge in [-0.3, -0.25) is 4.79 Å². The molecule has 4 nitrogen and oxygen atoms in total. The molecule has 142 valence electrons. The number of carbonyl (C=O) groups excluding carboxylic acids is 1. The zero-order valence-electron chi connectivity index (χ0n) is 15.9. The molecule has 1 aromatic heterocycles. The van der Waals surface area contributed by atoms with Crippen LogP contribution in [-0.2, 0) is 17.9 Å². The van der Waals surface area contributed by atoms with Crippen molar-refractivity contribution in [2.45, 2.75) is 20.1 Å². The Kier molecular flexibility index (Phi) is 6.85. The van der Waals surface area contributed by atoms with Crippen molar-refractivity contribution in [1.29, 1.82) is 0 Å². The van der Waals surface area contributed by atoms with E-state index in [-0.39, 0.29) is 5.91 Å². The van der Waals surface area contributed by atoms with Crippen molar-refractivity contribution in [3.8, 4) is 5.75 Å². The standard InChI is InChI=1S/C15H13NO.C9H11NO/c1-2-4-12(5-3-1)11-17-14-6-7-15-13(10-14)8-9-16-15;1-8(11)10-7-9-5-3-2-4-6-9/h1-10,16H,11H2;2-6H,7H2,1H3,(H,10,11). The molecular weight excluding hydrogens is 348 g/mol. The van der Waals surface area contributed by atoms with Gasteiger partial charge in [0.15, 0.2) is 0 Å². The summed E-state index contributed by atoms with van der Waals surface area (Å²) in [6, 6.07) is 28.1. The van der Waals surface area contributed by atoms with E-state index in [2.05, 4.69) is 28.5 Å². The second-order valence-electron chi connectivity index (χ2n) is 6.40. The molecule has 4 rings (SSSR count). The molecule has 0 saturated carbocycles. The minimum Gasteiger partial charge on any atom is -0.489 e. The number of aromatic nitrogens is 1. The van der Waals surface area contributed by atoms with Gasteiger partial charge in [0.25, 0.3) is 0 Å². The molecule has 4 aromatic rings. The van der Waals surface area contributed by atoms with E-state index in [0.29, 0.717) is 13.2 Å². The Balaban J connectivity index is 0.000000178. The van der Waals surface area contributed by atoms with Crippen LogP contribution < -0.4 is 10.1 Å². The lowest BCUT2D eigenvalue weighted by molar-refractivity contribution is -0.119. The highest BCUT2D eigenvalue weighted by molar-refractivity contribution is 5.80. The van der Waals surface area contributed by atoms with Gasteiger partial charge in [0.2, 0.25) is 5.91 Å². The van der Waals surface area contributed by atoms with Gasteiger partial charge in [-0.25, -0.2) is 0 Å². The molecule has 0 aliphatic rings. The molecule has 1 amide bonds. The van der Waals surface area contributed by atoms with Gasteiger partial charge in [-0.15, -0.1) is 0 Å². The number of nitrogens with one attached hydrogen (secondary N) is 2. The van der Waals surface area contributed by atoms with Crippen molar-refractivity contribution >= 4 is 16.8 Å². The first kappa shape index (κ1) is 19.2. The van der Waals surface area contributed by atoms with Crippen LogP contribution >= 0.6 is 0 Å². The first-order valence-corrected chi connectivity index (χ1v) is 9.23. The summed E-state index contributed by atoms with van der Waals surface area (Å²) in [5, 5.41) is 3.90. The molecule has 0 fully saturated rings.